The van der Waals surface area contributed by atoms with E-state index in [1.54, 1.807) is 0 Å². The van der Waals surface area contributed by atoms with E-state index in [1.807, 2.05) is 20.8 Å². The fourth-order valence-electron chi connectivity index (χ4n) is 1.81. The maximum Gasteiger partial charge on any atom is 0.333 e. The third-order valence-electron chi connectivity index (χ3n) is 3.40. The Hall–Kier alpha value is -0.910. The number of carbonyl (C=O) groups is 1. The lowest BCUT2D eigenvalue weighted by atomic mass is 9.92. The van der Waals surface area contributed by atoms with E-state index >= 15 is 0 Å². The molecule has 19 heavy (non-hydrogen) atoms. The summed E-state index contributed by atoms with van der Waals surface area (Å²) < 4.78 is 5.14. The van der Waals surface area contributed by atoms with Crippen LogP contribution in [0.15, 0.2) is 11.1 Å². The Morgan fingerprint density at radius 2 is 1.42 bits per heavy atom. The van der Waals surface area contributed by atoms with Crippen LogP contribution in [0.5, 0.6) is 0 Å². The first-order valence-corrected chi connectivity index (χ1v) is 6.74. The first kappa shape index (κ1) is 18.1. The van der Waals surface area contributed by atoms with Crippen molar-refractivity contribution in [1.82, 2.24) is 0 Å². The van der Waals surface area contributed by atoms with E-state index in [4.69, 9.17) is 20.1 Å². The van der Waals surface area contributed by atoms with Gasteiger partial charge in [-0.3, -0.25) is 0 Å². The highest BCUT2D eigenvalue weighted by Crippen LogP contribution is 2.20. The number of esters is 1. The maximum atomic E-state index is 12.0. The van der Waals surface area contributed by atoms with E-state index in [9.17, 15) is 4.79 Å². The molecule has 0 unspecified atom stereocenters. The highest BCUT2D eigenvalue weighted by atomic mass is 16.5. The Labute approximate surface area is 114 Å². The lowest BCUT2D eigenvalue weighted by molar-refractivity contribution is -0.147. The molecule has 0 heterocycles. The van der Waals surface area contributed by atoms with Gasteiger partial charge in [0.05, 0.1) is 25.2 Å². The minimum absolute atomic E-state index is 0.195. The molecule has 0 bridgehead atoms. The van der Waals surface area contributed by atoms with Gasteiger partial charge < -0.3 is 20.1 Å². The van der Waals surface area contributed by atoms with Crippen molar-refractivity contribution in [3.63, 3.8) is 0 Å². The zero-order valence-corrected chi connectivity index (χ0v) is 12.1. The van der Waals surface area contributed by atoms with Gasteiger partial charge in [0.1, 0.15) is 6.61 Å². The van der Waals surface area contributed by atoms with Crippen molar-refractivity contribution in [1.29, 1.82) is 0 Å². The molecule has 5 nitrogen and oxygen atoms in total. The monoisotopic (exact) mass is 274 g/mol. The van der Waals surface area contributed by atoms with Crippen molar-refractivity contribution in [3.05, 3.63) is 11.1 Å². The first-order valence-electron chi connectivity index (χ1n) is 6.74. The number of aliphatic hydroxyl groups excluding tert-OH is 3. The van der Waals surface area contributed by atoms with Crippen LogP contribution >= 0.6 is 0 Å². The molecular weight excluding hydrogens is 248 g/mol. The lowest BCUT2D eigenvalue weighted by Gasteiger charge is -2.26. The Morgan fingerprint density at radius 3 is 1.74 bits per heavy atom. The quantitative estimate of drug-likeness (QED) is 0.431. The van der Waals surface area contributed by atoms with Crippen molar-refractivity contribution in [2.24, 2.45) is 5.41 Å². The third-order valence-corrected chi connectivity index (χ3v) is 3.40. The predicted molar refractivity (Wildman–Crippen MR) is 72.5 cm³/mol. The molecule has 5 heteroatoms. The molecule has 0 aliphatic carbocycles. The van der Waals surface area contributed by atoms with Crippen LogP contribution in [0.3, 0.4) is 0 Å². The number of ether oxygens (including phenoxy) is 1. The van der Waals surface area contributed by atoms with Gasteiger partial charge in [-0.05, 0) is 19.3 Å². The van der Waals surface area contributed by atoms with Gasteiger partial charge in [0.25, 0.3) is 0 Å². The van der Waals surface area contributed by atoms with Crippen LogP contribution in [-0.4, -0.2) is 47.7 Å². The molecule has 0 rings (SSSR count). The zero-order chi connectivity index (χ0) is 14.9. The third kappa shape index (κ3) is 4.93. The van der Waals surface area contributed by atoms with Crippen LogP contribution in [0.1, 0.15) is 40.0 Å². The van der Waals surface area contributed by atoms with Gasteiger partial charge >= 0.3 is 5.97 Å². The van der Waals surface area contributed by atoms with Crippen LogP contribution in [0, 0.1) is 5.41 Å². The lowest BCUT2D eigenvalue weighted by Crippen LogP contribution is -2.39. The van der Waals surface area contributed by atoms with Crippen molar-refractivity contribution < 1.29 is 24.9 Å². The van der Waals surface area contributed by atoms with Crippen molar-refractivity contribution in [3.8, 4) is 0 Å². The summed E-state index contributed by atoms with van der Waals surface area (Å²) in [6.07, 6.45) is 2.17. The van der Waals surface area contributed by atoms with Crippen LogP contribution in [0.25, 0.3) is 0 Å². The predicted octanol–water partition coefficient (Wildman–Crippen LogP) is 1.02. The standard InChI is InChI=1S/C14H26O5/c1-4-11(5-2)12(6-3)13(18)19-10-14(7-15,8-16)9-17/h15-17H,4-10H2,1-3H3. The smallest absolute Gasteiger partial charge is 0.333 e. The van der Waals surface area contributed by atoms with Gasteiger partial charge in [0, 0.05) is 5.57 Å². The Balaban J connectivity index is 4.81. The summed E-state index contributed by atoms with van der Waals surface area (Å²) in [6.45, 7) is 4.36. The minimum Gasteiger partial charge on any atom is -0.461 e. The van der Waals surface area contributed by atoms with Gasteiger partial charge in [0.15, 0.2) is 0 Å². The number of carbonyl (C=O) groups excluding carboxylic acids is 1. The second-order valence-electron chi connectivity index (χ2n) is 4.69. The fraction of sp³-hybridized carbons (Fsp3) is 0.786. The minimum atomic E-state index is -1.17. The first-order chi connectivity index (χ1) is 9.03. The summed E-state index contributed by atoms with van der Waals surface area (Å²) >= 11 is 0. The van der Waals surface area contributed by atoms with E-state index in [0.717, 1.165) is 18.4 Å². The average Bonchev–Trinajstić information content (AvgIpc) is 2.46. The summed E-state index contributed by atoms with van der Waals surface area (Å²) in [5.74, 6) is -0.430. The highest BCUT2D eigenvalue weighted by Gasteiger charge is 2.30. The summed E-state index contributed by atoms with van der Waals surface area (Å²) in [7, 11) is 0. The van der Waals surface area contributed by atoms with Gasteiger partial charge in [-0.15, -0.1) is 0 Å². The Bertz CT molecular complexity index is 291. The number of hydrogen-bond donors (Lipinski definition) is 3. The second kappa shape index (κ2) is 9.07. The van der Waals surface area contributed by atoms with Crippen molar-refractivity contribution in [2.75, 3.05) is 26.4 Å². The van der Waals surface area contributed by atoms with E-state index in [-0.39, 0.29) is 6.61 Å². The summed E-state index contributed by atoms with van der Waals surface area (Å²) in [5.41, 5.74) is 0.524. The van der Waals surface area contributed by atoms with Crippen LogP contribution in [0.4, 0.5) is 0 Å². The number of allylic oxidation sites excluding steroid dienone is 1. The zero-order valence-electron chi connectivity index (χ0n) is 12.1. The van der Waals surface area contributed by atoms with Gasteiger partial charge in [-0.1, -0.05) is 26.3 Å². The molecule has 0 amide bonds. The molecule has 0 saturated carbocycles. The topological polar surface area (TPSA) is 87.0 Å². The highest BCUT2D eigenvalue weighted by molar-refractivity contribution is 5.89. The van der Waals surface area contributed by atoms with Crippen LogP contribution < -0.4 is 0 Å². The molecule has 0 aliphatic heterocycles. The van der Waals surface area contributed by atoms with E-state index in [0.29, 0.717) is 12.0 Å². The van der Waals surface area contributed by atoms with Crippen LogP contribution in [-0.2, 0) is 9.53 Å². The summed E-state index contributed by atoms with van der Waals surface area (Å²) in [6, 6.07) is 0. The summed E-state index contributed by atoms with van der Waals surface area (Å²) in [5, 5.41) is 27.5. The maximum absolute atomic E-state index is 12.0. The van der Waals surface area contributed by atoms with E-state index in [1.165, 1.54) is 0 Å². The second-order valence-corrected chi connectivity index (χ2v) is 4.69. The largest absolute Gasteiger partial charge is 0.461 e. The number of aliphatic hydroxyl groups is 3. The summed E-state index contributed by atoms with van der Waals surface area (Å²) in [4.78, 5) is 12.0. The van der Waals surface area contributed by atoms with Crippen molar-refractivity contribution >= 4 is 5.97 Å². The SMILES string of the molecule is CCC(CC)=C(CC)C(=O)OCC(CO)(CO)CO. The van der Waals surface area contributed by atoms with Gasteiger partial charge in [0.2, 0.25) is 0 Å². The fourth-order valence-corrected chi connectivity index (χ4v) is 1.81. The molecule has 3 N–H and O–H groups in total. The van der Waals surface area contributed by atoms with E-state index < -0.39 is 31.2 Å². The molecule has 0 saturated heterocycles. The molecule has 0 fully saturated rings. The normalized spacial score (nSPS) is 11.3. The molecule has 0 spiro atoms. The van der Waals surface area contributed by atoms with Gasteiger partial charge in [-0.25, -0.2) is 4.79 Å². The average molecular weight is 274 g/mol. The molecular formula is C14H26O5. The molecule has 0 aromatic heterocycles. The van der Waals surface area contributed by atoms with Crippen LogP contribution in [0.2, 0.25) is 0 Å². The number of hydrogen-bond acceptors (Lipinski definition) is 5. The molecule has 0 atom stereocenters. The molecule has 0 aromatic carbocycles. The van der Waals surface area contributed by atoms with Gasteiger partial charge in [-0.2, -0.15) is 0 Å². The molecule has 0 aliphatic rings. The van der Waals surface area contributed by atoms with E-state index in [2.05, 4.69) is 0 Å². The molecule has 112 valence electrons. The van der Waals surface area contributed by atoms with Crippen molar-refractivity contribution in [2.45, 2.75) is 40.0 Å². The molecule has 0 radical (unpaired) electrons. The number of rotatable bonds is 9. The Morgan fingerprint density at radius 1 is 0.947 bits per heavy atom. The Kier molecular flexibility index (Phi) is 8.63. The molecule has 0 aromatic rings.